The Balaban J connectivity index is 3.07. The molecule has 0 bridgehead atoms. The number of hydrogen-bond acceptors (Lipinski definition) is 0. The number of unbranched alkanes of at least 4 members (excludes halogenated alkanes) is 5. The van der Waals surface area contributed by atoms with E-state index in [0.29, 0.717) is 0 Å². The monoisotopic (exact) mass is 206 g/mol. The van der Waals surface area contributed by atoms with Gasteiger partial charge in [-0.15, -0.1) is 0 Å². The van der Waals surface area contributed by atoms with Gasteiger partial charge in [-0.2, -0.15) is 0 Å². The summed E-state index contributed by atoms with van der Waals surface area (Å²) in [5.74, 6) is 0.987. The zero-order chi connectivity index (χ0) is 10.6. The zero-order valence-corrected chi connectivity index (χ0v) is 12.6. The molecule has 1 heteroatoms. The van der Waals surface area contributed by atoms with Gasteiger partial charge in [0.2, 0.25) is 0 Å². The summed E-state index contributed by atoms with van der Waals surface area (Å²) in [6.45, 7) is 4.73. The van der Waals surface area contributed by atoms with Crippen LogP contribution in [0.4, 0.5) is 0 Å². The molecule has 0 aliphatic carbocycles. The fraction of sp³-hybridized carbons (Fsp3) is 1.00. The van der Waals surface area contributed by atoms with Gasteiger partial charge in [-0.3, -0.25) is 0 Å². The first-order chi connectivity index (χ1) is 6.81. The van der Waals surface area contributed by atoms with Crippen LogP contribution in [-0.2, 0) is 0 Å². The van der Waals surface area contributed by atoms with Crippen LogP contribution in [0.3, 0.4) is 0 Å². The molecule has 14 heavy (non-hydrogen) atoms. The molecule has 1 atom stereocenters. The second-order valence-electron chi connectivity index (χ2n) is 4.80. The molecule has 0 aromatic carbocycles. The quantitative estimate of drug-likeness (QED) is 0.358. The second kappa shape index (κ2) is 12.1. The van der Waals surface area contributed by atoms with Crippen LogP contribution in [0, 0.1) is 5.92 Å². The predicted octanol–water partition coefficient (Wildman–Crippen LogP) is 4.74. The minimum atomic E-state index is 0.987. The van der Waals surface area contributed by atoms with Crippen LogP contribution >= 0.6 is 0 Å². The average molecular weight is 206 g/mol. The van der Waals surface area contributed by atoms with Crippen LogP contribution in [-0.4, -0.2) is 27.9 Å². The van der Waals surface area contributed by atoms with Crippen LogP contribution in [0.2, 0.25) is 3.67 Å². The first-order valence-corrected chi connectivity index (χ1v) is 8.22. The third-order valence-corrected chi connectivity index (χ3v) is 3.81. The van der Waals surface area contributed by atoms with E-state index in [-0.39, 0.29) is 0 Å². The molecule has 0 aromatic rings. The molecule has 0 spiro atoms. The van der Waals surface area contributed by atoms with E-state index in [1.807, 2.05) is 0 Å². The van der Waals surface area contributed by atoms with Crippen molar-refractivity contribution in [3.63, 3.8) is 0 Å². The van der Waals surface area contributed by atoms with Crippen molar-refractivity contribution in [2.24, 2.45) is 5.92 Å². The zero-order valence-electron chi connectivity index (χ0n) is 10.6. The molecule has 0 saturated carbocycles. The van der Waals surface area contributed by atoms with E-state index in [0.717, 1.165) is 5.92 Å². The van der Waals surface area contributed by atoms with E-state index < -0.39 is 0 Å². The summed E-state index contributed by atoms with van der Waals surface area (Å²) in [5.41, 5.74) is 0. The van der Waals surface area contributed by atoms with E-state index in [2.05, 4.69) is 13.8 Å². The Morgan fingerprint density at radius 3 is 1.93 bits per heavy atom. The third-order valence-electron chi connectivity index (χ3n) is 3.10. The van der Waals surface area contributed by atoms with E-state index >= 15 is 0 Å². The Morgan fingerprint density at radius 2 is 1.43 bits per heavy atom. The number of rotatable bonds is 10. The molecular formula is C13H27Na. The van der Waals surface area contributed by atoms with Crippen molar-refractivity contribution in [1.82, 2.24) is 0 Å². The van der Waals surface area contributed by atoms with Crippen molar-refractivity contribution in [3.05, 3.63) is 0 Å². The molecule has 0 N–H and O–H groups in total. The molecule has 0 aromatic heterocycles. The van der Waals surface area contributed by atoms with E-state index in [1.165, 1.54) is 89.4 Å². The van der Waals surface area contributed by atoms with Gasteiger partial charge in [0.05, 0.1) is 0 Å². The summed E-state index contributed by atoms with van der Waals surface area (Å²) in [5, 5.41) is 0. The van der Waals surface area contributed by atoms with E-state index in [4.69, 9.17) is 0 Å². The van der Waals surface area contributed by atoms with Gasteiger partial charge in [-0.25, -0.2) is 0 Å². The first-order valence-electron chi connectivity index (χ1n) is 6.81. The molecule has 0 rings (SSSR count). The number of hydrogen-bond donors (Lipinski definition) is 0. The van der Waals surface area contributed by atoms with Crippen molar-refractivity contribution in [3.8, 4) is 0 Å². The average Bonchev–Trinajstić information content (AvgIpc) is 2.19. The van der Waals surface area contributed by atoms with Crippen LogP contribution in [0.5, 0.6) is 0 Å². The SMILES string of the molecule is CCCCCCC(C)CCCC[CH2][Na]. The van der Waals surface area contributed by atoms with Gasteiger partial charge in [0, 0.05) is 0 Å². The summed E-state index contributed by atoms with van der Waals surface area (Å²) in [6, 6.07) is 0. The maximum atomic E-state index is 2.44. The summed E-state index contributed by atoms with van der Waals surface area (Å²) in [7, 11) is 0. The Bertz CT molecular complexity index is 89.4. The van der Waals surface area contributed by atoms with Gasteiger partial charge in [-0.1, -0.05) is 0 Å². The molecule has 0 fully saturated rings. The summed E-state index contributed by atoms with van der Waals surface area (Å²) < 4.78 is 1.50. The van der Waals surface area contributed by atoms with E-state index in [9.17, 15) is 0 Å². The first kappa shape index (κ1) is 15.0. The topological polar surface area (TPSA) is 0 Å². The molecular weight excluding hydrogens is 179 g/mol. The standard InChI is InChI=1S/C13H27.Na/c1-4-6-8-10-12-13(3)11-9-7-5-2;/h13H,2,4-12H2,1,3H3;. The molecule has 0 amide bonds. The molecule has 0 saturated heterocycles. The van der Waals surface area contributed by atoms with Crippen LogP contribution in [0.1, 0.15) is 71.6 Å². The predicted molar refractivity (Wildman–Crippen MR) is 67.0 cm³/mol. The minimum absolute atomic E-state index is 0.987. The molecule has 0 heterocycles. The van der Waals surface area contributed by atoms with Crippen molar-refractivity contribution in [2.75, 3.05) is 0 Å². The van der Waals surface area contributed by atoms with Gasteiger partial charge in [0.1, 0.15) is 0 Å². The summed E-state index contributed by atoms with van der Waals surface area (Å²) in [4.78, 5) is 0. The molecule has 0 radical (unpaired) electrons. The normalized spacial score (nSPS) is 13.1. The van der Waals surface area contributed by atoms with Crippen LogP contribution in [0.25, 0.3) is 0 Å². The van der Waals surface area contributed by atoms with Crippen LogP contribution < -0.4 is 0 Å². The molecule has 0 aliphatic rings. The van der Waals surface area contributed by atoms with E-state index in [1.54, 1.807) is 0 Å². The fourth-order valence-corrected chi connectivity index (χ4v) is 2.48. The fourth-order valence-electron chi connectivity index (χ4n) is 1.98. The molecule has 80 valence electrons. The van der Waals surface area contributed by atoms with Crippen molar-refractivity contribution >= 4 is 27.9 Å². The van der Waals surface area contributed by atoms with Gasteiger partial charge in [0.15, 0.2) is 0 Å². The second-order valence-corrected chi connectivity index (χ2v) is 5.80. The summed E-state index contributed by atoms with van der Waals surface area (Å²) >= 11 is 1.40. The molecule has 1 unspecified atom stereocenters. The Labute approximate surface area is 109 Å². The molecule has 0 nitrogen and oxygen atoms in total. The third kappa shape index (κ3) is 11.1. The van der Waals surface area contributed by atoms with Gasteiger partial charge < -0.3 is 0 Å². The van der Waals surface area contributed by atoms with Crippen molar-refractivity contribution in [1.29, 1.82) is 0 Å². The van der Waals surface area contributed by atoms with Crippen molar-refractivity contribution < 1.29 is 0 Å². The molecule has 0 aliphatic heterocycles. The van der Waals surface area contributed by atoms with Crippen LogP contribution in [0.15, 0.2) is 0 Å². The van der Waals surface area contributed by atoms with Gasteiger partial charge in [0.25, 0.3) is 0 Å². The van der Waals surface area contributed by atoms with Gasteiger partial charge in [-0.05, 0) is 0 Å². The Hall–Kier alpha value is 1.00. The maximum absolute atomic E-state index is 2.44. The summed E-state index contributed by atoms with van der Waals surface area (Å²) in [6.07, 6.45) is 13.2. The van der Waals surface area contributed by atoms with Crippen molar-refractivity contribution in [2.45, 2.75) is 75.3 Å². The Morgan fingerprint density at radius 1 is 0.857 bits per heavy atom. The van der Waals surface area contributed by atoms with Gasteiger partial charge >= 0.3 is 109 Å². The Kier molecular flexibility index (Phi) is 12.9.